The monoisotopic (exact) mass is 441 g/mol. The van der Waals surface area contributed by atoms with Crippen molar-refractivity contribution in [3.8, 4) is 22.3 Å². The van der Waals surface area contributed by atoms with Gasteiger partial charge in [-0.05, 0) is 81.6 Å². The van der Waals surface area contributed by atoms with E-state index in [4.69, 9.17) is 0 Å². The van der Waals surface area contributed by atoms with Gasteiger partial charge < -0.3 is 4.90 Å². The third-order valence-electron chi connectivity index (χ3n) is 9.05. The van der Waals surface area contributed by atoms with Gasteiger partial charge in [0.1, 0.15) is 0 Å². The van der Waals surface area contributed by atoms with E-state index >= 15 is 0 Å². The molecule has 0 N–H and O–H groups in total. The van der Waals surface area contributed by atoms with Crippen LogP contribution in [0, 0.1) is 0 Å². The van der Waals surface area contributed by atoms with Crippen molar-refractivity contribution in [3.05, 3.63) is 107 Å². The summed E-state index contributed by atoms with van der Waals surface area (Å²) in [6.07, 6.45) is 5.20. The molecule has 3 aliphatic rings. The molecular formula is C33H31N. The molecule has 3 aliphatic carbocycles. The van der Waals surface area contributed by atoms with Crippen molar-refractivity contribution >= 4 is 11.4 Å². The van der Waals surface area contributed by atoms with Crippen LogP contribution in [0.25, 0.3) is 22.3 Å². The first-order chi connectivity index (χ1) is 16.5. The lowest BCUT2D eigenvalue weighted by Crippen LogP contribution is -2.21. The molecule has 1 heteroatoms. The summed E-state index contributed by atoms with van der Waals surface area (Å²) in [4.78, 5) is 2.38. The predicted octanol–water partition coefficient (Wildman–Crippen LogP) is 8.60. The number of fused-ring (bicyclic) bond motifs is 8. The summed E-state index contributed by atoms with van der Waals surface area (Å²) in [6.45, 7) is 4.72. The van der Waals surface area contributed by atoms with Crippen LogP contribution in [-0.4, -0.2) is 7.05 Å². The largest absolute Gasteiger partial charge is 0.345 e. The van der Waals surface area contributed by atoms with Crippen LogP contribution >= 0.6 is 0 Å². The van der Waals surface area contributed by atoms with Crippen LogP contribution in [0.1, 0.15) is 61.8 Å². The van der Waals surface area contributed by atoms with E-state index in [2.05, 4.69) is 111 Å². The van der Waals surface area contributed by atoms with Gasteiger partial charge in [0.15, 0.2) is 0 Å². The summed E-state index contributed by atoms with van der Waals surface area (Å²) in [5, 5.41) is 0. The van der Waals surface area contributed by atoms with Crippen molar-refractivity contribution in [1.82, 2.24) is 0 Å². The molecule has 1 fully saturated rings. The number of hydrogen-bond donors (Lipinski definition) is 0. The van der Waals surface area contributed by atoms with Gasteiger partial charge in [-0.3, -0.25) is 0 Å². The van der Waals surface area contributed by atoms with Gasteiger partial charge in [0.25, 0.3) is 0 Å². The van der Waals surface area contributed by atoms with Crippen molar-refractivity contribution in [3.63, 3.8) is 0 Å². The molecule has 168 valence electrons. The fourth-order valence-corrected chi connectivity index (χ4v) is 7.22. The minimum atomic E-state index is 0.0241. The fourth-order valence-electron chi connectivity index (χ4n) is 7.22. The van der Waals surface area contributed by atoms with Crippen LogP contribution in [0.15, 0.2) is 84.9 Å². The van der Waals surface area contributed by atoms with Crippen LogP contribution in [0.5, 0.6) is 0 Å². The highest BCUT2D eigenvalue weighted by Crippen LogP contribution is 2.57. The van der Waals surface area contributed by atoms with E-state index in [0.717, 1.165) is 0 Å². The molecule has 34 heavy (non-hydrogen) atoms. The molecule has 1 saturated carbocycles. The first-order valence-corrected chi connectivity index (χ1v) is 12.7. The minimum absolute atomic E-state index is 0.0241. The number of rotatable bonds is 2. The zero-order chi connectivity index (χ0) is 23.1. The molecule has 7 rings (SSSR count). The molecule has 0 aliphatic heterocycles. The summed E-state index contributed by atoms with van der Waals surface area (Å²) < 4.78 is 0. The second-order valence-corrected chi connectivity index (χ2v) is 11.0. The first-order valence-electron chi connectivity index (χ1n) is 12.7. The predicted molar refractivity (Wildman–Crippen MR) is 143 cm³/mol. The molecule has 4 aromatic rings. The van der Waals surface area contributed by atoms with Crippen LogP contribution in [0.4, 0.5) is 11.4 Å². The van der Waals surface area contributed by atoms with Crippen molar-refractivity contribution < 1.29 is 0 Å². The molecule has 0 bridgehead atoms. The number of benzene rings is 4. The maximum absolute atomic E-state index is 2.49. The normalized spacial score (nSPS) is 17.9. The molecule has 0 saturated heterocycles. The number of anilines is 2. The van der Waals surface area contributed by atoms with Gasteiger partial charge in [0.2, 0.25) is 0 Å². The Morgan fingerprint density at radius 1 is 0.559 bits per heavy atom. The Labute approximate surface area is 203 Å². The highest BCUT2D eigenvalue weighted by molar-refractivity contribution is 5.85. The Kier molecular flexibility index (Phi) is 4.05. The van der Waals surface area contributed by atoms with E-state index in [-0.39, 0.29) is 10.8 Å². The SMILES string of the molecule is CN(c1ccc2c(c1)C(C)(C)c1ccccc1-2)c1ccc2c(c1)C1(CCCC1)c1ccccc1-2. The zero-order valence-corrected chi connectivity index (χ0v) is 20.4. The van der Waals surface area contributed by atoms with E-state index in [9.17, 15) is 0 Å². The summed E-state index contributed by atoms with van der Waals surface area (Å²) >= 11 is 0. The molecule has 4 aromatic carbocycles. The average Bonchev–Trinajstić information content (AvgIpc) is 3.53. The van der Waals surface area contributed by atoms with E-state index in [1.807, 2.05) is 0 Å². The van der Waals surface area contributed by atoms with E-state index < -0.39 is 0 Å². The zero-order valence-electron chi connectivity index (χ0n) is 20.4. The second kappa shape index (κ2) is 6.85. The van der Waals surface area contributed by atoms with Gasteiger partial charge >= 0.3 is 0 Å². The minimum Gasteiger partial charge on any atom is -0.345 e. The van der Waals surface area contributed by atoms with Crippen molar-refractivity contribution in [2.75, 3.05) is 11.9 Å². The highest BCUT2D eigenvalue weighted by atomic mass is 15.1. The maximum Gasteiger partial charge on any atom is 0.0411 e. The third-order valence-corrected chi connectivity index (χ3v) is 9.05. The molecule has 0 amide bonds. The summed E-state index contributed by atoms with van der Waals surface area (Å²) in [5.74, 6) is 0. The topological polar surface area (TPSA) is 3.24 Å². The Morgan fingerprint density at radius 3 is 1.74 bits per heavy atom. The number of nitrogens with zero attached hydrogens (tertiary/aromatic N) is 1. The van der Waals surface area contributed by atoms with Gasteiger partial charge in [-0.2, -0.15) is 0 Å². The Balaban J connectivity index is 1.32. The third kappa shape index (κ3) is 2.50. The molecule has 0 unspecified atom stereocenters. The molecule has 0 aromatic heterocycles. The van der Waals surface area contributed by atoms with E-state index in [1.54, 1.807) is 11.1 Å². The lowest BCUT2D eigenvalue weighted by Gasteiger charge is -2.29. The average molecular weight is 442 g/mol. The molecule has 0 radical (unpaired) electrons. The van der Waals surface area contributed by atoms with Gasteiger partial charge in [0.05, 0.1) is 0 Å². The van der Waals surface area contributed by atoms with Gasteiger partial charge in [-0.1, -0.05) is 87.4 Å². The molecule has 1 spiro atoms. The fraction of sp³-hybridized carbons (Fsp3) is 0.273. The Bertz CT molecular complexity index is 1450. The Hall–Kier alpha value is -3.32. The summed E-state index contributed by atoms with van der Waals surface area (Å²) in [6, 6.07) is 32.2. The first kappa shape index (κ1) is 20.1. The standard InChI is InChI=1S/C33H31N/c1-32(2)28-12-6-4-10-24(28)26-16-14-22(20-30(26)32)34(3)23-15-17-27-25-11-5-7-13-29(25)33(31(27)21-23)18-8-9-19-33/h4-7,10-17,20-21H,8-9,18-19H2,1-3H3. The van der Waals surface area contributed by atoms with Gasteiger partial charge in [-0.25, -0.2) is 0 Å². The second-order valence-electron chi connectivity index (χ2n) is 11.0. The van der Waals surface area contributed by atoms with Crippen molar-refractivity contribution in [1.29, 1.82) is 0 Å². The summed E-state index contributed by atoms with van der Waals surface area (Å²) in [5.41, 5.74) is 14.4. The molecular weight excluding hydrogens is 410 g/mol. The maximum atomic E-state index is 2.49. The lowest BCUT2D eigenvalue weighted by atomic mass is 9.76. The Morgan fingerprint density at radius 2 is 1.06 bits per heavy atom. The van der Waals surface area contributed by atoms with Crippen LogP contribution in [-0.2, 0) is 10.8 Å². The highest BCUT2D eigenvalue weighted by Gasteiger charge is 2.45. The van der Waals surface area contributed by atoms with E-state index in [0.29, 0.717) is 0 Å². The molecule has 1 nitrogen and oxygen atoms in total. The van der Waals surface area contributed by atoms with Crippen LogP contribution in [0.2, 0.25) is 0 Å². The lowest BCUT2D eigenvalue weighted by molar-refractivity contribution is 0.550. The molecule has 0 heterocycles. The van der Waals surface area contributed by atoms with Crippen LogP contribution in [0.3, 0.4) is 0 Å². The quantitative estimate of drug-likeness (QED) is 0.301. The van der Waals surface area contributed by atoms with Gasteiger partial charge in [0, 0.05) is 29.3 Å². The van der Waals surface area contributed by atoms with Crippen LogP contribution < -0.4 is 4.90 Å². The van der Waals surface area contributed by atoms with Gasteiger partial charge in [-0.15, -0.1) is 0 Å². The molecule has 0 atom stereocenters. The smallest absolute Gasteiger partial charge is 0.0411 e. The van der Waals surface area contributed by atoms with Crippen molar-refractivity contribution in [2.24, 2.45) is 0 Å². The van der Waals surface area contributed by atoms with Crippen molar-refractivity contribution in [2.45, 2.75) is 50.4 Å². The number of hydrogen-bond acceptors (Lipinski definition) is 1. The van der Waals surface area contributed by atoms with E-state index in [1.165, 1.54) is 70.4 Å². The summed E-state index contributed by atoms with van der Waals surface area (Å²) in [7, 11) is 2.22.